The Hall–Kier alpha value is -0.830. The van der Waals surface area contributed by atoms with Crippen LogP contribution in [0.3, 0.4) is 0 Å². The van der Waals surface area contributed by atoms with E-state index in [2.05, 4.69) is 48.5 Å². The number of guanidine groups is 1. The molecular formula is C18H35IN4O2. The summed E-state index contributed by atoms with van der Waals surface area (Å²) in [5, 5.41) is 10.7. The molecule has 146 valence electrons. The lowest BCUT2D eigenvalue weighted by atomic mass is 10.00. The Kier molecular flexibility index (Phi) is 12.9. The number of nitrogens with zero attached hydrogens (tertiary/aromatic N) is 2. The van der Waals surface area contributed by atoms with Crippen molar-refractivity contribution >= 4 is 29.9 Å². The van der Waals surface area contributed by atoms with E-state index in [1.807, 2.05) is 13.8 Å². The van der Waals surface area contributed by atoms with Crippen LogP contribution in [0.4, 0.5) is 0 Å². The predicted octanol–water partition coefficient (Wildman–Crippen LogP) is 3.63. The van der Waals surface area contributed by atoms with Crippen LogP contribution >= 0.6 is 24.0 Å². The van der Waals surface area contributed by atoms with Crippen LogP contribution in [0.2, 0.25) is 0 Å². The Morgan fingerprint density at radius 3 is 2.52 bits per heavy atom. The minimum atomic E-state index is 0. The number of nitrogens with one attached hydrogen (secondary N) is 2. The first-order chi connectivity index (χ1) is 11.5. The highest BCUT2D eigenvalue weighted by Gasteiger charge is 2.16. The van der Waals surface area contributed by atoms with Crippen LogP contribution in [0.25, 0.3) is 0 Å². The molecule has 1 rings (SSSR count). The summed E-state index contributed by atoms with van der Waals surface area (Å²) in [7, 11) is 0. The second-order valence-corrected chi connectivity index (χ2v) is 6.61. The fourth-order valence-electron chi connectivity index (χ4n) is 2.55. The molecule has 0 aliphatic carbocycles. The Morgan fingerprint density at radius 2 is 1.96 bits per heavy atom. The monoisotopic (exact) mass is 466 g/mol. The zero-order valence-electron chi connectivity index (χ0n) is 16.5. The molecular weight excluding hydrogens is 431 g/mol. The van der Waals surface area contributed by atoms with Gasteiger partial charge in [0.25, 0.3) is 0 Å². The molecule has 0 spiro atoms. The molecule has 1 aromatic rings. The van der Waals surface area contributed by atoms with Crippen molar-refractivity contribution in [3.8, 4) is 0 Å². The van der Waals surface area contributed by atoms with Crippen molar-refractivity contribution in [1.82, 2.24) is 15.8 Å². The summed E-state index contributed by atoms with van der Waals surface area (Å²) in [5.41, 5.74) is 2.12. The minimum absolute atomic E-state index is 0. The van der Waals surface area contributed by atoms with E-state index in [4.69, 9.17) is 9.26 Å². The van der Waals surface area contributed by atoms with Gasteiger partial charge in [-0.3, -0.25) is 4.99 Å². The molecule has 0 radical (unpaired) electrons. The lowest BCUT2D eigenvalue weighted by Gasteiger charge is -2.14. The number of ether oxygens (including phenoxy) is 1. The molecule has 2 N–H and O–H groups in total. The highest BCUT2D eigenvalue weighted by Crippen LogP contribution is 2.23. The van der Waals surface area contributed by atoms with Crippen LogP contribution in [-0.2, 0) is 4.74 Å². The normalized spacial score (nSPS) is 12.8. The molecule has 1 aromatic heterocycles. The van der Waals surface area contributed by atoms with Crippen LogP contribution in [0.15, 0.2) is 9.52 Å². The average molecular weight is 466 g/mol. The molecule has 0 aromatic carbocycles. The van der Waals surface area contributed by atoms with Gasteiger partial charge in [-0.2, -0.15) is 0 Å². The van der Waals surface area contributed by atoms with Crippen molar-refractivity contribution in [2.45, 2.75) is 53.9 Å². The van der Waals surface area contributed by atoms with E-state index >= 15 is 0 Å². The van der Waals surface area contributed by atoms with Crippen LogP contribution in [-0.4, -0.2) is 44.0 Å². The van der Waals surface area contributed by atoms with E-state index in [1.165, 1.54) is 0 Å². The Balaban J connectivity index is 0.00000576. The molecule has 1 unspecified atom stereocenters. The topological polar surface area (TPSA) is 71.7 Å². The SMILES string of the molecule is CCNC(=NCC(C)c1c(C)noc1C)NCCCOCC(C)C.I. The summed E-state index contributed by atoms with van der Waals surface area (Å²) in [6.45, 7) is 16.5. The maximum atomic E-state index is 5.59. The summed E-state index contributed by atoms with van der Waals surface area (Å²) >= 11 is 0. The van der Waals surface area contributed by atoms with Crippen LogP contribution < -0.4 is 10.6 Å². The zero-order valence-corrected chi connectivity index (χ0v) is 18.8. The number of aromatic nitrogens is 1. The van der Waals surface area contributed by atoms with Crippen LogP contribution in [0.5, 0.6) is 0 Å². The molecule has 0 saturated carbocycles. The van der Waals surface area contributed by atoms with Crippen molar-refractivity contribution in [3.63, 3.8) is 0 Å². The highest BCUT2D eigenvalue weighted by molar-refractivity contribution is 14.0. The first-order valence-corrected chi connectivity index (χ1v) is 8.98. The molecule has 1 heterocycles. The quantitative estimate of drug-likeness (QED) is 0.239. The Morgan fingerprint density at radius 1 is 1.24 bits per heavy atom. The minimum Gasteiger partial charge on any atom is -0.381 e. The van der Waals surface area contributed by atoms with E-state index in [0.717, 1.165) is 55.7 Å². The second kappa shape index (κ2) is 13.4. The van der Waals surface area contributed by atoms with Gasteiger partial charge in [0.1, 0.15) is 5.76 Å². The van der Waals surface area contributed by atoms with E-state index in [-0.39, 0.29) is 29.9 Å². The molecule has 0 amide bonds. The number of aryl methyl sites for hydroxylation is 2. The van der Waals surface area contributed by atoms with Crippen molar-refractivity contribution < 1.29 is 9.26 Å². The molecule has 0 bridgehead atoms. The summed E-state index contributed by atoms with van der Waals surface area (Å²) in [4.78, 5) is 4.68. The summed E-state index contributed by atoms with van der Waals surface area (Å²) in [6, 6.07) is 0. The fourth-order valence-corrected chi connectivity index (χ4v) is 2.55. The maximum absolute atomic E-state index is 5.59. The molecule has 0 aliphatic heterocycles. The van der Waals surface area contributed by atoms with Gasteiger partial charge in [0.05, 0.1) is 5.69 Å². The average Bonchev–Trinajstić information content (AvgIpc) is 2.86. The smallest absolute Gasteiger partial charge is 0.191 e. The van der Waals surface area contributed by atoms with Gasteiger partial charge in [-0.25, -0.2) is 0 Å². The largest absolute Gasteiger partial charge is 0.381 e. The number of rotatable bonds is 10. The Bertz CT molecular complexity index is 484. The van der Waals surface area contributed by atoms with Gasteiger partial charge >= 0.3 is 0 Å². The first-order valence-electron chi connectivity index (χ1n) is 8.98. The number of hydrogen-bond donors (Lipinski definition) is 2. The number of aliphatic imine (C=N–C) groups is 1. The van der Waals surface area contributed by atoms with E-state index in [9.17, 15) is 0 Å². The van der Waals surface area contributed by atoms with Gasteiger partial charge in [-0.1, -0.05) is 25.9 Å². The van der Waals surface area contributed by atoms with E-state index in [1.54, 1.807) is 0 Å². The summed E-state index contributed by atoms with van der Waals surface area (Å²) in [6.07, 6.45) is 0.969. The molecule has 0 fully saturated rings. The zero-order chi connectivity index (χ0) is 17.9. The first kappa shape index (κ1) is 24.2. The Labute approximate surface area is 169 Å². The van der Waals surface area contributed by atoms with E-state index in [0.29, 0.717) is 12.5 Å². The lowest BCUT2D eigenvalue weighted by Crippen LogP contribution is -2.38. The summed E-state index contributed by atoms with van der Waals surface area (Å²) < 4.78 is 10.8. The third kappa shape index (κ3) is 9.44. The fraction of sp³-hybridized carbons (Fsp3) is 0.778. The standard InChI is InChI=1S/C18H34N4O2.HI/c1-7-19-18(20-9-8-10-23-12-13(2)3)21-11-14(4)17-15(5)22-24-16(17)6;/h13-14H,7-12H2,1-6H3,(H2,19,20,21);1H. The van der Waals surface area contributed by atoms with Gasteiger partial charge < -0.3 is 19.9 Å². The van der Waals surface area contributed by atoms with E-state index < -0.39 is 0 Å². The number of halogens is 1. The highest BCUT2D eigenvalue weighted by atomic mass is 127. The van der Waals surface area contributed by atoms with Gasteiger partial charge in [0.15, 0.2) is 5.96 Å². The third-order valence-corrected chi connectivity index (χ3v) is 3.66. The van der Waals surface area contributed by atoms with Gasteiger partial charge in [-0.05, 0) is 33.1 Å². The molecule has 7 heteroatoms. The number of hydrogen-bond acceptors (Lipinski definition) is 4. The van der Waals surface area contributed by atoms with Crippen molar-refractivity contribution in [2.75, 3.05) is 32.8 Å². The molecule has 6 nitrogen and oxygen atoms in total. The van der Waals surface area contributed by atoms with Crippen molar-refractivity contribution in [1.29, 1.82) is 0 Å². The summed E-state index contributed by atoms with van der Waals surface area (Å²) in [5.74, 6) is 2.60. The van der Waals surface area contributed by atoms with Gasteiger partial charge in [0.2, 0.25) is 0 Å². The molecule has 25 heavy (non-hydrogen) atoms. The van der Waals surface area contributed by atoms with Crippen molar-refractivity contribution in [3.05, 3.63) is 17.0 Å². The van der Waals surface area contributed by atoms with Crippen molar-refractivity contribution in [2.24, 2.45) is 10.9 Å². The molecule has 0 saturated heterocycles. The molecule has 0 aliphatic rings. The predicted molar refractivity (Wildman–Crippen MR) is 114 cm³/mol. The molecule has 1 atom stereocenters. The second-order valence-electron chi connectivity index (χ2n) is 6.61. The van der Waals surface area contributed by atoms with Crippen LogP contribution in [0.1, 0.15) is 57.1 Å². The van der Waals surface area contributed by atoms with Gasteiger partial charge in [-0.15, -0.1) is 24.0 Å². The third-order valence-electron chi connectivity index (χ3n) is 3.66. The lowest BCUT2D eigenvalue weighted by molar-refractivity contribution is 0.108. The van der Waals surface area contributed by atoms with Gasteiger partial charge in [0, 0.05) is 44.3 Å². The maximum Gasteiger partial charge on any atom is 0.191 e. The van der Waals surface area contributed by atoms with Crippen LogP contribution in [0, 0.1) is 19.8 Å².